The summed E-state index contributed by atoms with van der Waals surface area (Å²) in [4.78, 5) is 15.0. The fraction of sp³-hybridized carbons (Fsp3) is 0.824. The lowest BCUT2D eigenvalue weighted by Crippen LogP contribution is -2.42. The second-order valence-corrected chi connectivity index (χ2v) is 6.41. The third-order valence-electron chi connectivity index (χ3n) is 4.97. The van der Waals surface area contributed by atoms with E-state index in [-0.39, 0.29) is 11.9 Å². The van der Waals surface area contributed by atoms with Gasteiger partial charge in [-0.05, 0) is 45.7 Å². The summed E-state index contributed by atoms with van der Waals surface area (Å²) in [5, 5.41) is 11.9. The van der Waals surface area contributed by atoms with Crippen LogP contribution in [0, 0.1) is 6.92 Å². The summed E-state index contributed by atoms with van der Waals surface area (Å²) in [5.74, 6) is -0.0292. The number of aromatic nitrogens is 3. The Hall–Kier alpha value is -1.47. The highest BCUT2D eigenvalue weighted by Gasteiger charge is 2.28. The minimum Gasteiger partial charge on any atom is -0.383 e. The SMILES string of the molecule is CCC(CC)N(CCOC)C(=O)c1nnn(C2CCNCC2)c1C. The van der Waals surface area contributed by atoms with Crippen LogP contribution in [0.5, 0.6) is 0 Å². The molecule has 1 aliphatic heterocycles. The van der Waals surface area contributed by atoms with Crippen LogP contribution in [0.2, 0.25) is 0 Å². The molecule has 2 rings (SSSR count). The largest absolute Gasteiger partial charge is 0.383 e. The number of rotatable bonds is 8. The van der Waals surface area contributed by atoms with Gasteiger partial charge in [0.25, 0.3) is 5.91 Å². The zero-order valence-electron chi connectivity index (χ0n) is 15.4. The first kappa shape index (κ1) is 18.9. The standard InChI is InChI=1S/C17H31N5O2/c1-5-14(6-2)21(11-12-24-4)17(23)16-13(3)22(20-19-16)15-7-9-18-10-8-15/h14-15,18H,5-12H2,1-4H3. The Labute approximate surface area is 144 Å². The predicted octanol–water partition coefficient (Wildman–Crippen LogP) is 1.79. The van der Waals surface area contributed by atoms with Gasteiger partial charge in [0.1, 0.15) is 0 Å². The van der Waals surface area contributed by atoms with E-state index < -0.39 is 0 Å². The highest BCUT2D eigenvalue weighted by Crippen LogP contribution is 2.22. The van der Waals surface area contributed by atoms with Crippen LogP contribution in [-0.2, 0) is 4.74 Å². The first-order valence-electron chi connectivity index (χ1n) is 9.06. The molecule has 1 aromatic heterocycles. The molecule has 1 saturated heterocycles. The number of carbonyl (C=O) groups excluding carboxylic acids is 1. The number of nitrogens with one attached hydrogen (secondary N) is 1. The van der Waals surface area contributed by atoms with Crippen LogP contribution < -0.4 is 5.32 Å². The maximum absolute atomic E-state index is 13.1. The second-order valence-electron chi connectivity index (χ2n) is 6.41. The Morgan fingerprint density at radius 3 is 2.62 bits per heavy atom. The van der Waals surface area contributed by atoms with E-state index in [0.717, 1.165) is 44.5 Å². The van der Waals surface area contributed by atoms with Crippen LogP contribution in [0.1, 0.15) is 61.8 Å². The average Bonchev–Trinajstić information content (AvgIpc) is 3.00. The molecule has 0 bridgehead atoms. The third kappa shape index (κ3) is 4.13. The quantitative estimate of drug-likeness (QED) is 0.783. The Bertz CT molecular complexity index is 521. The lowest BCUT2D eigenvalue weighted by atomic mass is 10.1. The molecule has 1 N–H and O–H groups in total. The van der Waals surface area contributed by atoms with Crippen molar-refractivity contribution < 1.29 is 9.53 Å². The van der Waals surface area contributed by atoms with Crippen LogP contribution in [0.15, 0.2) is 0 Å². The summed E-state index contributed by atoms with van der Waals surface area (Å²) >= 11 is 0. The van der Waals surface area contributed by atoms with Crippen LogP contribution in [0.4, 0.5) is 0 Å². The molecule has 7 heteroatoms. The lowest BCUT2D eigenvalue weighted by molar-refractivity contribution is 0.0582. The molecule has 0 saturated carbocycles. The summed E-state index contributed by atoms with van der Waals surface area (Å²) in [6.07, 6.45) is 3.90. The monoisotopic (exact) mass is 337 g/mol. The molecule has 0 aliphatic carbocycles. The lowest BCUT2D eigenvalue weighted by Gasteiger charge is -2.30. The molecule has 0 aromatic carbocycles. The van der Waals surface area contributed by atoms with Crippen molar-refractivity contribution in [2.24, 2.45) is 0 Å². The molecule has 0 spiro atoms. The van der Waals surface area contributed by atoms with Gasteiger partial charge in [0.2, 0.25) is 0 Å². The smallest absolute Gasteiger partial charge is 0.276 e. The molecule has 136 valence electrons. The molecule has 7 nitrogen and oxygen atoms in total. The summed E-state index contributed by atoms with van der Waals surface area (Å²) in [7, 11) is 1.66. The van der Waals surface area contributed by atoms with Crippen molar-refractivity contribution >= 4 is 5.91 Å². The normalized spacial score (nSPS) is 15.9. The van der Waals surface area contributed by atoms with Crippen LogP contribution in [0.25, 0.3) is 0 Å². The predicted molar refractivity (Wildman–Crippen MR) is 93.2 cm³/mol. The summed E-state index contributed by atoms with van der Waals surface area (Å²) in [6, 6.07) is 0.539. The number of piperidine rings is 1. The van der Waals surface area contributed by atoms with E-state index in [4.69, 9.17) is 4.74 Å². The number of amides is 1. The summed E-state index contributed by atoms with van der Waals surface area (Å²) in [6.45, 7) is 9.27. The van der Waals surface area contributed by atoms with Gasteiger partial charge in [-0.15, -0.1) is 5.10 Å². The van der Waals surface area contributed by atoms with E-state index in [2.05, 4.69) is 29.5 Å². The van der Waals surface area contributed by atoms with E-state index in [9.17, 15) is 4.79 Å². The molecular formula is C17H31N5O2. The van der Waals surface area contributed by atoms with Crippen molar-refractivity contribution in [1.29, 1.82) is 0 Å². The van der Waals surface area contributed by atoms with Gasteiger partial charge in [0.05, 0.1) is 18.3 Å². The fourth-order valence-electron chi connectivity index (χ4n) is 3.44. The van der Waals surface area contributed by atoms with Crippen LogP contribution in [0.3, 0.4) is 0 Å². The van der Waals surface area contributed by atoms with Gasteiger partial charge in [-0.3, -0.25) is 4.79 Å². The number of ether oxygens (including phenoxy) is 1. The van der Waals surface area contributed by atoms with Crippen LogP contribution >= 0.6 is 0 Å². The molecule has 1 amide bonds. The van der Waals surface area contributed by atoms with Gasteiger partial charge in [0.15, 0.2) is 5.69 Å². The minimum atomic E-state index is -0.0292. The van der Waals surface area contributed by atoms with E-state index in [1.54, 1.807) is 7.11 Å². The molecule has 0 radical (unpaired) electrons. The first-order valence-corrected chi connectivity index (χ1v) is 9.06. The number of methoxy groups -OCH3 is 1. The molecule has 1 aliphatic rings. The van der Waals surface area contributed by atoms with Crippen molar-refractivity contribution in [1.82, 2.24) is 25.2 Å². The molecule has 1 aromatic rings. The Morgan fingerprint density at radius 2 is 2.04 bits per heavy atom. The van der Waals surface area contributed by atoms with E-state index in [1.165, 1.54) is 0 Å². The molecular weight excluding hydrogens is 306 g/mol. The second kappa shape index (κ2) is 9.13. The van der Waals surface area contributed by atoms with Crippen molar-refractivity contribution in [3.05, 3.63) is 11.4 Å². The molecule has 1 fully saturated rings. The zero-order chi connectivity index (χ0) is 17.5. The minimum absolute atomic E-state index is 0.0292. The molecule has 24 heavy (non-hydrogen) atoms. The highest BCUT2D eigenvalue weighted by molar-refractivity contribution is 5.93. The summed E-state index contributed by atoms with van der Waals surface area (Å²) in [5.41, 5.74) is 1.36. The van der Waals surface area contributed by atoms with Gasteiger partial charge >= 0.3 is 0 Å². The van der Waals surface area contributed by atoms with Gasteiger partial charge in [-0.1, -0.05) is 19.1 Å². The van der Waals surface area contributed by atoms with Crippen molar-refractivity contribution in [2.75, 3.05) is 33.4 Å². The van der Waals surface area contributed by atoms with E-state index in [1.807, 2.05) is 16.5 Å². The maximum atomic E-state index is 13.1. The topological polar surface area (TPSA) is 72.3 Å². The zero-order valence-corrected chi connectivity index (χ0v) is 15.4. The van der Waals surface area contributed by atoms with E-state index in [0.29, 0.717) is 24.9 Å². The van der Waals surface area contributed by atoms with E-state index >= 15 is 0 Å². The molecule has 0 atom stereocenters. The third-order valence-corrected chi connectivity index (χ3v) is 4.97. The van der Waals surface area contributed by atoms with Crippen molar-refractivity contribution in [3.8, 4) is 0 Å². The Kier molecular flexibility index (Phi) is 7.17. The van der Waals surface area contributed by atoms with Crippen molar-refractivity contribution in [2.45, 2.75) is 58.5 Å². The van der Waals surface area contributed by atoms with Crippen LogP contribution in [-0.4, -0.2) is 65.2 Å². The highest BCUT2D eigenvalue weighted by atomic mass is 16.5. The van der Waals surface area contributed by atoms with Gasteiger partial charge in [-0.25, -0.2) is 4.68 Å². The van der Waals surface area contributed by atoms with Gasteiger partial charge in [-0.2, -0.15) is 0 Å². The number of hydrogen-bond donors (Lipinski definition) is 1. The van der Waals surface area contributed by atoms with Gasteiger partial charge < -0.3 is 15.0 Å². The first-order chi connectivity index (χ1) is 11.6. The number of carbonyl (C=O) groups is 1. The fourth-order valence-corrected chi connectivity index (χ4v) is 3.44. The van der Waals surface area contributed by atoms with Crippen molar-refractivity contribution in [3.63, 3.8) is 0 Å². The summed E-state index contributed by atoms with van der Waals surface area (Å²) < 4.78 is 7.13. The van der Waals surface area contributed by atoms with Gasteiger partial charge in [0, 0.05) is 19.7 Å². The Balaban J connectivity index is 2.20. The Morgan fingerprint density at radius 1 is 1.38 bits per heavy atom. The maximum Gasteiger partial charge on any atom is 0.276 e. The molecule has 0 unspecified atom stereocenters. The number of nitrogens with zero attached hydrogens (tertiary/aromatic N) is 4. The average molecular weight is 337 g/mol. The number of hydrogen-bond acceptors (Lipinski definition) is 5. The molecule has 2 heterocycles.